The van der Waals surface area contributed by atoms with Crippen LogP contribution in [0.1, 0.15) is 52.8 Å². The molecule has 0 atom stereocenters. The molecule has 3 heterocycles. The maximum absolute atomic E-state index is 12.4. The van der Waals surface area contributed by atoms with Gasteiger partial charge in [-0.3, -0.25) is 4.79 Å². The van der Waals surface area contributed by atoms with Crippen molar-refractivity contribution in [3.05, 3.63) is 34.2 Å². The predicted octanol–water partition coefficient (Wildman–Crippen LogP) is 3.05. The van der Waals surface area contributed by atoms with Crippen molar-refractivity contribution in [1.82, 2.24) is 19.9 Å². The van der Waals surface area contributed by atoms with Gasteiger partial charge in [0.1, 0.15) is 12.0 Å². The van der Waals surface area contributed by atoms with Gasteiger partial charge < -0.3 is 9.64 Å². The summed E-state index contributed by atoms with van der Waals surface area (Å²) in [6.45, 7) is 4.10. The summed E-state index contributed by atoms with van der Waals surface area (Å²) in [4.78, 5) is 27.2. The van der Waals surface area contributed by atoms with Crippen LogP contribution in [0.3, 0.4) is 0 Å². The number of piperidine rings is 1. The minimum Gasteiger partial charge on any atom is -0.477 e. The average Bonchev–Trinajstić information content (AvgIpc) is 3.41. The van der Waals surface area contributed by atoms with Crippen LogP contribution in [0.25, 0.3) is 0 Å². The van der Waals surface area contributed by atoms with Gasteiger partial charge >= 0.3 is 0 Å². The molecule has 1 saturated heterocycles. The first-order valence-corrected chi connectivity index (χ1v) is 9.73. The second-order valence-electron chi connectivity index (χ2n) is 6.85. The number of carbonyl (C=O) groups excluding carboxylic acids is 1. The van der Waals surface area contributed by atoms with Crippen LogP contribution in [-0.4, -0.2) is 45.5 Å². The van der Waals surface area contributed by atoms with Crippen molar-refractivity contribution in [2.45, 2.75) is 38.5 Å². The Morgan fingerprint density at radius 1 is 1.28 bits per heavy atom. The number of thiazole rings is 1. The van der Waals surface area contributed by atoms with Gasteiger partial charge in [0.25, 0.3) is 5.91 Å². The number of rotatable bonds is 5. The van der Waals surface area contributed by atoms with Gasteiger partial charge in [-0.25, -0.2) is 15.0 Å². The van der Waals surface area contributed by atoms with Gasteiger partial charge in [-0.1, -0.05) is 0 Å². The zero-order valence-electron chi connectivity index (χ0n) is 14.4. The van der Waals surface area contributed by atoms with Crippen molar-refractivity contribution in [2.24, 2.45) is 5.92 Å². The third kappa shape index (κ3) is 3.98. The smallest absolute Gasteiger partial charge is 0.273 e. The Labute approximate surface area is 151 Å². The standard InChI is InChI=1S/C18H22N4O2S/c1-12-21-16(10-25-12)18(23)22-6-4-13(5-7-22)9-24-17-8-15(14-2-3-14)19-11-20-17/h8,10-11,13-14H,2-7,9H2,1H3. The van der Waals surface area contributed by atoms with E-state index in [2.05, 4.69) is 15.0 Å². The highest BCUT2D eigenvalue weighted by molar-refractivity contribution is 7.09. The fourth-order valence-corrected chi connectivity index (χ4v) is 3.75. The Morgan fingerprint density at radius 3 is 2.76 bits per heavy atom. The molecule has 1 aliphatic carbocycles. The minimum absolute atomic E-state index is 0.0496. The summed E-state index contributed by atoms with van der Waals surface area (Å²) in [7, 11) is 0. The molecule has 7 heteroatoms. The number of likely N-dealkylation sites (tertiary alicyclic amines) is 1. The summed E-state index contributed by atoms with van der Waals surface area (Å²) in [5, 5.41) is 2.78. The molecule has 4 rings (SSSR count). The number of aromatic nitrogens is 3. The van der Waals surface area contributed by atoms with Gasteiger partial charge in [0.2, 0.25) is 5.88 Å². The van der Waals surface area contributed by atoms with Crippen LogP contribution in [0.15, 0.2) is 17.8 Å². The lowest BCUT2D eigenvalue weighted by Gasteiger charge is -2.31. The fourth-order valence-electron chi connectivity index (χ4n) is 3.16. The number of hydrogen-bond donors (Lipinski definition) is 0. The van der Waals surface area contributed by atoms with E-state index >= 15 is 0 Å². The number of hydrogen-bond acceptors (Lipinski definition) is 6. The molecule has 2 fully saturated rings. The second-order valence-corrected chi connectivity index (χ2v) is 7.92. The molecule has 0 unspecified atom stereocenters. The van der Waals surface area contributed by atoms with Gasteiger partial charge in [-0.05, 0) is 38.5 Å². The largest absolute Gasteiger partial charge is 0.477 e. The second kappa shape index (κ2) is 7.07. The molecule has 1 amide bonds. The van der Waals surface area contributed by atoms with E-state index in [4.69, 9.17) is 4.74 Å². The third-order valence-electron chi connectivity index (χ3n) is 4.87. The maximum atomic E-state index is 12.4. The van der Waals surface area contributed by atoms with Gasteiger partial charge in [-0.2, -0.15) is 0 Å². The van der Waals surface area contributed by atoms with E-state index in [-0.39, 0.29) is 5.91 Å². The molecule has 1 aliphatic heterocycles. The highest BCUT2D eigenvalue weighted by atomic mass is 32.1. The zero-order valence-corrected chi connectivity index (χ0v) is 15.2. The van der Waals surface area contributed by atoms with Gasteiger partial charge in [0, 0.05) is 30.5 Å². The fraction of sp³-hybridized carbons (Fsp3) is 0.556. The summed E-state index contributed by atoms with van der Waals surface area (Å²) >= 11 is 1.52. The topological polar surface area (TPSA) is 68.2 Å². The molecule has 2 aromatic rings. The molecule has 1 saturated carbocycles. The molecule has 0 aromatic carbocycles. The monoisotopic (exact) mass is 358 g/mol. The number of aryl methyl sites for hydroxylation is 1. The number of ether oxygens (including phenoxy) is 1. The zero-order chi connectivity index (χ0) is 17.2. The normalized spacial score (nSPS) is 18.4. The van der Waals surface area contributed by atoms with E-state index in [1.54, 1.807) is 6.33 Å². The average molecular weight is 358 g/mol. The van der Waals surface area contributed by atoms with Crippen LogP contribution in [0.2, 0.25) is 0 Å². The molecule has 0 N–H and O–H groups in total. The Bertz CT molecular complexity index is 751. The Kier molecular flexibility index (Phi) is 4.65. The molecule has 2 aromatic heterocycles. The SMILES string of the molecule is Cc1nc(C(=O)N2CCC(COc3cc(C4CC4)ncn3)CC2)cs1. The predicted molar refractivity (Wildman–Crippen MR) is 95.0 cm³/mol. The third-order valence-corrected chi connectivity index (χ3v) is 5.64. The first kappa shape index (κ1) is 16.4. The van der Waals surface area contributed by atoms with Crippen molar-refractivity contribution < 1.29 is 9.53 Å². The molecule has 0 spiro atoms. The molecular weight excluding hydrogens is 336 g/mol. The highest BCUT2D eigenvalue weighted by Gasteiger charge is 2.27. The molecule has 132 valence electrons. The molecular formula is C18H22N4O2S. The van der Waals surface area contributed by atoms with E-state index in [9.17, 15) is 4.79 Å². The van der Waals surface area contributed by atoms with Crippen LogP contribution in [0.4, 0.5) is 0 Å². The van der Waals surface area contributed by atoms with Gasteiger partial charge in [0.15, 0.2) is 0 Å². The summed E-state index contributed by atoms with van der Waals surface area (Å²) < 4.78 is 5.88. The molecule has 0 bridgehead atoms. The molecule has 0 radical (unpaired) electrons. The van der Waals surface area contributed by atoms with Crippen LogP contribution in [0.5, 0.6) is 5.88 Å². The summed E-state index contributed by atoms with van der Waals surface area (Å²) in [6, 6.07) is 1.97. The lowest BCUT2D eigenvalue weighted by molar-refractivity contribution is 0.0654. The summed E-state index contributed by atoms with van der Waals surface area (Å²) in [6.07, 6.45) is 5.95. The van der Waals surface area contributed by atoms with Crippen molar-refractivity contribution in [2.75, 3.05) is 19.7 Å². The van der Waals surface area contributed by atoms with Gasteiger partial charge in [0.05, 0.1) is 17.3 Å². The van der Waals surface area contributed by atoms with Gasteiger partial charge in [-0.15, -0.1) is 11.3 Å². The Hall–Kier alpha value is -2.02. The Balaban J connectivity index is 1.26. The number of carbonyl (C=O) groups is 1. The van der Waals surface area contributed by atoms with Crippen molar-refractivity contribution in [3.8, 4) is 5.88 Å². The van der Waals surface area contributed by atoms with Crippen molar-refractivity contribution in [3.63, 3.8) is 0 Å². The first-order chi connectivity index (χ1) is 12.2. The summed E-state index contributed by atoms with van der Waals surface area (Å²) in [5.41, 5.74) is 1.68. The molecule has 25 heavy (non-hydrogen) atoms. The Morgan fingerprint density at radius 2 is 2.08 bits per heavy atom. The number of amides is 1. The van der Waals surface area contributed by atoms with E-state index in [0.29, 0.717) is 30.0 Å². The van der Waals surface area contributed by atoms with Crippen molar-refractivity contribution in [1.29, 1.82) is 0 Å². The van der Waals surface area contributed by atoms with E-state index in [1.807, 2.05) is 23.3 Å². The van der Waals surface area contributed by atoms with Crippen LogP contribution >= 0.6 is 11.3 Å². The van der Waals surface area contributed by atoms with Crippen LogP contribution < -0.4 is 4.74 Å². The summed E-state index contributed by atoms with van der Waals surface area (Å²) in [5.74, 6) is 1.79. The first-order valence-electron chi connectivity index (χ1n) is 8.85. The van der Waals surface area contributed by atoms with Crippen LogP contribution in [-0.2, 0) is 0 Å². The lowest BCUT2D eigenvalue weighted by atomic mass is 9.97. The van der Waals surface area contributed by atoms with E-state index < -0.39 is 0 Å². The van der Waals surface area contributed by atoms with E-state index in [0.717, 1.165) is 36.6 Å². The lowest BCUT2D eigenvalue weighted by Crippen LogP contribution is -2.39. The highest BCUT2D eigenvalue weighted by Crippen LogP contribution is 2.39. The maximum Gasteiger partial charge on any atom is 0.273 e. The number of nitrogens with zero attached hydrogens (tertiary/aromatic N) is 4. The molecule has 2 aliphatic rings. The molecule has 6 nitrogen and oxygen atoms in total. The van der Waals surface area contributed by atoms with Crippen molar-refractivity contribution >= 4 is 17.2 Å². The van der Waals surface area contributed by atoms with Crippen LogP contribution in [0, 0.1) is 12.8 Å². The van der Waals surface area contributed by atoms with E-state index in [1.165, 1.54) is 24.2 Å². The minimum atomic E-state index is 0.0496. The quantitative estimate of drug-likeness (QED) is 0.822.